The van der Waals surface area contributed by atoms with Crippen LogP contribution in [0.1, 0.15) is 52.0 Å². The van der Waals surface area contributed by atoms with E-state index < -0.39 is 18.7 Å². The highest BCUT2D eigenvalue weighted by Crippen LogP contribution is 2.41. The van der Waals surface area contributed by atoms with E-state index in [1.165, 1.54) is 0 Å². The van der Waals surface area contributed by atoms with E-state index in [1.807, 2.05) is 42.5 Å². The lowest BCUT2D eigenvalue weighted by atomic mass is 10.0. The molecule has 13 heteroatoms. The van der Waals surface area contributed by atoms with Crippen LogP contribution in [-0.4, -0.2) is 48.9 Å². The number of ether oxygens (including phenoxy) is 2. The van der Waals surface area contributed by atoms with Crippen molar-refractivity contribution in [3.63, 3.8) is 0 Å². The second kappa shape index (κ2) is 13.4. The van der Waals surface area contributed by atoms with Crippen LogP contribution in [0.2, 0.25) is 5.15 Å². The Morgan fingerprint density at radius 2 is 1.76 bits per heavy atom. The number of nitrogens with zero attached hydrogens (tertiary/aromatic N) is 5. The van der Waals surface area contributed by atoms with Crippen LogP contribution in [0.3, 0.4) is 0 Å². The van der Waals surface area contributed by atoms with Gasteiger partial charge in [0.25, 0.3) is 0 Å². The molecular weight excluding hydrogens is 664 g/mol. The molecule has 228 valence electrons. The second-order valence-electron chi connectivity index (χ2n) is 10.1. The molecule has 6 aromatic rings. The Bertz CT molecular complexity index is 1970. The van der Waals surface area contributed by atoms with Crippen molar-refractivity contribution in [1.82, 2.24) is 30.2 Å². The summed E-state index contributed by atoms with van der Waals surface area (Å²) in [7, 11) is 0. The van der Waals surface area contributed by atoms with Gasteiger partial charge in [0.2, 0.25) is 12.6 Å². The highest BCUT2D eigenvalue weighted by atomic mass is 79.9. The summed E-state index contributed by atoms with van der Waals surface area (Å²) in [4.78, 5) is 30.0. The molecule has 0 fully saturated rings. The summed E-state index contributed by atoms with van der Waals surface area (Å²) in [5.41, 5.74) is 3.53. The lowest BCUT2D eigenvalue weighted by Gasteiger charge is -2.12. The van der Waals surface area contributed by atoms with Crippen molar-refractivity contribution in [3.8, 4) is 22.7 Å². The number of tetrazole rings is 1. The number of furan rings is 1. The highest BCUT2D eigenvalue weighted by Gasteiger charge is 2.25. The molecule has 11 nitrogen and oxygen atoms in total. The minimum Gasteiger partial charge on any atom is -0.455 e. The van der Waals surface area contributed by atoms with Crippen molar-refractivity contribution in [2.24, 2.45) is 0 Å². The Hall–Kier alpha value is -4.81. The zero-order chi connectivity index (χ0) is 31.3. The molecule has 45 heavy (non-hydrogen) atoms. The Labute approximate surface area is 270 Å². The zero-order valence-corrected chi connectivity index (χ0v) is 26.3. The molecule has 0 aliphatic rings. The van der Waals surface area contributed by atoms with Crippen molar-refractivity contribution in [2.45, 2.75) is 32.7 Å². The van der Waals surface area contributed by atoms with Gasteiger partial charge in [0.15, 0.2) is 10.8 Å². The van der Waals surface area contributed by atoms with Gasteiger partial charge in [-0.05, 0) is 57.4 Å². The van der Waals surface area contributed by atoms with E-state index in [9.17, 15) is 9.59 Å². The molecule has 0 atom stereocenters. The number of aryl methyl sites for hydroxylation is 1. The van der Waals surface area contributed by atoms with Crippen molar-refractivity contribution >= 4 is 50.4 Å². The number of benzene rings is 3. The normalized spacial score (nSPS) is 11.2. The van der Waals surface area contributed by atoms with Crippen LogP contribution >= 0.6 is 27.5 Å². The zero-order valence-electron chi connectivity index (χ0n) is 24.0. The fraction of sp³-hybridized carbons (Fsp3) is 0.188. The summed E-state index contributed by atoms with van der Waals surface area (Å²) in [5.74, 6) is 0.360. The lowest BCUT2D eigenvalue weighted by Crippen LogP contribution is -2.18. The number of fused-ring (bicyclic) bond motifs is 1. The van der Waals surface area contributed by atoms with Crippen LogP contribution in [0.15, 0.2) is 81.7 Å². The van der Waals surface area contributed by atoms with Gasteiger partial charge in [-0.1, -0.05) is 73.5 Å². The van der Waals surface area contributed by atoms with Gasteiger partial charge in [-0.25, -0.2) is 14.6 Å². The van der Waals surface area contributed by atoms with Gasteiger partial charge in [0, 0.05) is 29.5 Å². The molecule has 0 unspecified atom stereocenters. The maximum atomic E-state index is 13.2. The second-order valence-corrected chi connectivity index (χ2v) is 11.2. The summed E-state index contributed by atoms with van der Waals surface area (Å²) in [6, 6.07) is 21.9. The number of aromatic amines is 1. The number of hydrogen-bond donors (Lipinski definition) is 1. The van der Waals surface area contributed by atoms with E-state index in [0.717, 1.165) is 39.4 Å². The summed E-state index contributed by atoms with van der Waals surface area (Å²) < 4.78 is 19.2. The number of halogens is 2. The Balaban J connectivity index is 1.28. The van der Waals surface area contributed by atoms with Crippen LogP contribution in [0.4, 0.5) is 0 Å². The van der Waals surface area contributed by atoms with Crippen molar-refractivity contribution in [1.29, 1.82) is 0 Å². The molecule has 0 aliphatic heterocycles. The molecule has 3 aromatic carbocycles. The minimum absolute atomic E-state index is 0.0198. The fourth-order valence-corrected chi connectivity index (χ4v) is 5.82. The Morgan fingerprint density at radius 1 is 1.00 bits per heavy atom. The topological polar surface area (TPSA) is 138 Å². The van der Waals surface area contributed by atoms with Gasteiger partial charge in [0.05, 0.1) is 10.0 Å². The third kappa shape index (κ3) is 6.38. The number of unbranched alkanes of at least 4 members (excludes halogenated alkanes) is 1. The molecule has 1 N–H and O–H groups in total. The van der Waals surface area contributed by atoms with E-state index in [0.29, 0.717) is 35.0 Å². The van der Waals surface area contributed by atoms with Crippen LogP contribution in [-0.2, 0) is 22.4 Å². The fourth-order valence-electron chi connectivity index (χ4n) is 4.94. The summed E-state index contributed by atoms with van der Waals surface area (Å²) in [6.45, 7) is 1.79. The number of aromatic nitrogens is 6. The Kier molecular flexibility index (Phi) is 9.03. The van der Waals surface area contributed by atoms with Crippen LogP contribution in [0.5, 0.6) is 0 Å². The largest absolute Gasteiger partial charge is 0.455 e. The maximum absolute atomic E-state index is 13.2. The van der Waals surface area contributed by atoms with Crippen molar-refractivity contribution in [3.05, 3.63) is 105 Å². The molecule has 6 rings (SSSR count). The number of carbonyl (C=O) groups excluding carboxylic acids is 2. The number of nitrogens with one attached hydrogen (secondary N) is 1. The summed E-state index contributed by atoms with van der Waals surface area (Å²) in [5, 5.41) is 15.3. The first kappa shape index (κ1) is 30.2. The predicted molar refractivity (Wildman–Crippen MR) is 170 cm³/mol. The number of rotatable bonds is 11. The van der Waals surface area contributed by atoms with E-state index in [-0.39, 0.29) is 17.4 Å². The molecule has 0 aliphatic carbocycles. The van der Waals surface area contributed by atoms with E-state index in [2.05, 4.69) is 48.5 Å². The molecular formula is C32H26BrClN6O5. The first-order valence-electron chi connectivity index (χ1n) is 14.1. The molecule has 0 saturated carbocycles. The Morgan fingerprint density at radius 3 is 2.51 bits per heavy atom. The number of carbonyl (C=O) groups is 2. The van der Waals surface area contributed by atoms with Crippen LogP contribution < -0.4 is 0 Å². The lowest BCUT2D eigenvalue weighted by molar-refractivity contribution is -0.0173. The molecule has 0 spiro atoms. The smallest absolute Gasteiger partial charge is 0.361 e. The highest BCUT2D eigenvalue weighted by molar-refractivity contribution is 9.10. The average Bonchev–Trinajstić information content (AvgIpc) is 3.79. The SMILES string of the molecule is CCCCc1nc(Cl)c(C(=O)OCOC(=O)c2ccccc2)n1Cc1ccc2oc(-c3ccccc3-c3nn[nH]n3)c(Br)c2c1. The molecule has 3 heterocycles. The summed E-state index contributed by atoms with van der Waals surface area (Å²) in [6.07, 6.45) is 2.40. The van der Waals surface area contributed by atoms with E-state index in [4.69, 9.17) is 25.5 Å². The number of imidazole rings is 1. The monoisotopic (exact) mass is 688 g/mol. The predicted octanol–water partition coefficient (Wildman–Crippen LogP) is 7.25. The molecule has 0 radical (unpaired) electrons. The number of esters is 2. The van der Waals surface area contributed by atoms with Gasteiger partial charge in [-0.2, -0.15) is 5.21 Å². The van der Waals surface area contributed by atoms with Gasteiger partial charge >= 0.3 is 11.9 Å². The molecule has 0 amide bonds. The maximum Gasteiger partial charge on any atom is 0.361 e. The number of H-pyrrole nitrogens is 1. The third-order valence-corrected chi connectivity index (χ3v) is 8.18. The van der Waals surface area contributed by atoms with E-state index in [1.54, 1.807) is 34.9 Å². The van der Waals surface area contributed by atoms with E-state index >= 15 is 0 Å². The first-order valence-corrected chi connectivity index (χ1v) is 15.3. The standard InChI is InChI=1S/C32H26BrClN6O5/c1-2-3-13-25-35-29(34)27(32(42)44-18-43-31(41)20-9-5-4-6-10-20)40(25)17-19-14-15-24-23(16-19)26(33)28(45-24)21-11-7-8-12-22(21)30-36-38-39-37-30/h4-12,14-16H,2-3,13,17-18H2,1H3,(H,36,37,38,39). The quantitative estimate of drug-likeness (QED) is 0.110. The molecule has 0 saturated heterocycles. The van der Waals surface area contributed by atoms with Gasteiger partial charge in [-0.3, -0.25) is 0 Å². The van der Waals surface area contributed by atoms with Crippen LogP contribution in [0.25, 0.3) is 33.7 Å². The van der Waals surface area contributed by atoms with Gasteiger partial charge in [-0.15, -0.1) is 10.2 Å². The first-order chi connectivity index (χ1) is 21.9. The minimum atomic E-state index is -0.748. The average molecular weight is 690 g/mol. The molecule has 3 aromatic heterocycles. The van der Waals surface area contributed by atoms with Crippen LogP contribution in [0, 0.1) is 0 Å². The number of hydrogen-bond acceptors (Lipinski definition) is 9. The molecule has 0 bridgehead atoms. The van der Waals surface area contributed by atoms with Gasteiger partial charge in [0.1, 0.15) is 17.2 Å². The van der Waals surface area contributed by atoms with Crippen molar-refractivity contribution in [2.75, 3.05) is 6.79 Å². The van der Waals surface area contributed by atoms with Crippen molar-refractivity contribution < 1.29 is 23.5 Å². The van der Waals surface area contributed by atoms with Gasteiger partial charge < -0.3 is 18.5 Å². The third-order valence-electron chi connectivity index (χ3n) is 7.13. The summed E-state index contributed by atoms with van der Waals surface area (Å²) >= 11 is 10.2.